The van der Waals surface area contributed by atoms with E-state index in [1.165, 1.54) is 0 Å². The molecule has 0 atom stereocenters. The number of carbonyl (C=O) groups is 1. The lowest BCUT2D eigenvalue weighted by Crippen LogP contribution is -2.13. The first-order chi connectivity index (χ1) is 15.9. The molecule has 4 rings (SSSR count). The van der Waals surface area contributed by atoms with Crippen LogP contribution in [0.1, 0.15) is 38.3 Å². The summed E-state index contributed by atoms with van der Waals surface area (Å²) in [5.74, 6) is 1.11. The van der Waals surface area contributed by atoms with Crippen LogP contribution in [0, 0.1) is 20.8 Å². The smallest absolute Gasteiger partial charge is 0.256 e. The third kappa shape index (κ3) is 5.62. The van der Waals surface area contributed by atoms with Crippen molar-refractivity contribution in [1.82, 2.24) is 9.78 Å². The van der Waals surface area contributed by atoms with E-state index < -0.39 is 0 Å². The van der Waals surface area contributed by atoms with Crippen molar-refractivity contribution >= 4 is 23.3 Å². The Morgan fingerprint density at radius 2 is 1.61 bits per heavy atom. The zero-order valence-electron chi connectivity index (χ0n) is 18.9. The largest absolute Gasteiger partial charge is 0.489 e. The van der Waals surface area contributed by atoms with Gasteiger partial charge in [0.2, 0.25) is 0 Å². The molecule has 0 aliphatic carbocycles. The number of anilines is 1. The highest BCUT2D eigenvalue weighted by Gasteiger charge is 2.11. The molecule has 0 spiro atoms. The van der Waals surface area contributed by atoms with E-state index in [2.05, 4.69) is 22.5 Å². The number of ether oxygens (including phenoxy) is 1. The number of rotatable bonds is 7. The summed E-state index contributed by atoms with van der Waals surface area (Å²) in [6.07, 6.45) is 0. The van der Waals surface area contributed by atoms with Gasteiger partial charge >= 0.3 is 0 Å². The van der Waals surface area contributed by atoms with Gasteiger partial charge in [-0.25, -0.2) is 0 Å². The number of carbonyl (C=O) groups excluding carboxylic acids is 1. The second-order valence-electron chi connectivity index (χ2n) is 8.12. The third-order valence-electron chi connectivity index (χ3n) is 5.43. The molecular formula is C27H26ClN3O2. The van der Waals surface area contributed by atoms with Crippen LogP contribution in [0.15, 0.2) is 72.8 Å². The molecule has 1 amide bonds. The summed E-state index contributed by atoms with van der Waals surface area (Å²) in [6.45, 7) is 6.96. The molecule has 5 nitrogen and oxygen atoms in total. The maximum absolute atomic E-state index is 12.7. The zero-order valence-corrected chi connectivity index (χ0v) is 19.7. The van der Waals surface area contributed by atoms with Crippen LogP contribution in [0.25, 0.3) is 0 Å². The van der Waals surface area contributed by atoms with E-state index in [0.29, 0.717) is 24.5 Å². The number of halogens is 1. The van der Waals surface area contributed by atoms with Gasteiger partial charge < -0.3 is 10.1 Å². The van der Waals surface area contributed by atoms with Crippen LogP contribution in [0.5, 0.6) is 5.75 Å². The number of hydrogen-bond acceptors (Lipinski definition) is 3. The third-order valence-corrected chi connectivity index (χ3v) is 6.03. The van der Waals surface area contributed by atoms with Crippen LogP contribution in [-0.4, -0.2) is 15.7 Å². The molecule has 1 N–H and O–H groups in total. The van der Waals surface area contributed by atoms with E-state index in [-0.39, 0.29) is 5.91 Å². The highest BCUT2D eigenvalue weighted by Crippen LogP contribution is 2.26. The summed E-state index contributed by atoms with van der Waals surface area (Å²) in [5, 5.41) is 8.17. The van der Waals surface area contributed by atoms with E-state index in [9.17, 15) is 4.79 Å². The normalized spacial score (nSPS) is 10.8. The van der Waals surface area contributed by atoms with Gasteiger partial charge in [-0.1, -0.05) is 54.1 Å². The average molecular weight is 460 g/mol. The van der Waals surface area contributed by atoms with Gasteiger partial charge in [-0.3, -0.25) is 9.48 Å². The van der Waals surface area contributed by atoms with Gasteiger partial charge in [-0.2, -0.15) is 5.10 Å². The lowest BCUT2D eigenvalue weighted by atomic mass is 10.1. The molecule has 4 aromatic rings. The second-order valence-corrected chi connectivity index (χ2v) is 8.50. The zero-order chi connectivity index (χ0) is 23.4. The molecule has 0 saturated carbocycles. The molecule has 0 bridgehead atoms. The second kappa shape index (κ2) is 9.92. The molecule has 1 heterocycles. The van der Waals surface area contributed by atoms with Crippen molar-refractivity contribution < 1.29 is 9.53 Å². The fraction of sp³-hybridized carbons (Fsp3) is 0.185. The fourth-order valence-corrected chi connectivity index (χ4v) is 3.69. The van der Waals surface area contributed by atoms with Crippen molar-refractivity contribution in [2.75, 3.05) is 5.32 Å². The van der Waals surface area contributed by atoms with Gasteiger partial charge in [0.15, 0.2) is 5.82 Å². The Bertz CT molecular complexity index is 1240. The number of amides is 1. The van der Waals surface area contributed by atoms with Crippen molar-refractivity contribution in [2.24, 2.45) is 0 Å². The van der Waals surface area contributed by atoms with Crippen LogP contribution < -0.4 is 10.1 Å². The molecule has 0 fully saturated rings. The Balaban J connectivity index is 1.36. The van der Waals surface area contributed by atoms with E-state index >= 15 is 0 Å². The number of hydrogen-bond donors (Lipinski definition) is 1. The number of nitrogens with zero attached hydrogens (tertiary/aromatic N) is 2. The Morgan fingerprint density at radius 1 is 0.939 bits per heavy atom. The van der Waals surface area contributed by atoms with Crippen molar-refractivity contribution in [3.8, 4) is 5.75 Å². The maximum atomic E-state index is 12.7. The predicted octanol–water partition coefficient (Wildman–Crippen LogP) is 6.34. The fourth-order valence-electron chi connectivity index (χ4n) is 3.58. The Kier molecular flexibility index (Phi) is 6.80. The minimum atomic E-state index is -0.198. The quantitative estimate of drug-likeness (QED) is 0.350. The topological polar surface area (TPSA) is 56.1 Å². The number of aromatic nitrogens is 2. The molecule has 0 saturated heterocycles. The molecule has 0 unspecified atom stereocenters. The minimum absolute atomic E-state index is 0.198. The summed E-state index contributed by atoms with van der Waals surface area (Å²) in [5.41, 5.74) is 5.64. The van der Waals surface area contributed by atoms with Gasteiger partial charge in [0.1, 0.15) is 12.4 Å². The molecule has 1 aromatic heterocycles. The van der Waals surface area contributed by atoms with Crippen molar-refractivity contribution in [1.29, 1.82) is 0 Å². The summed E-state index contributed by atoms with van der Waals surface area (Å²) in [6, 6.07) is 23.2. The lowest BCUT2D eigenvalue weighted by Gasteiger charge is -2.10. The Morgan fingerprint density at radius 3 is 2.27 bits per heavy atom. The van der Waals surface area contributed by atoms with Crippen molar-refractivity contribution in [3.05, 3.63) is 111 Å². The highest BCUT2D eigenvalue weighted by molar-refractivity contribution is 6.32. The molecule has 0 aliphatic heterocycles. The Hall–Kier alpha value is -3.57. The summed E-state index contributed by atoms with van der Waals surface area (Å²) < 4.78 is 7.78. The van der Waals surface area contributed by atoms with Crippen molar-refractivity contribution in [2.45, 2.75) is 33.9 Å². The van der Waals surface area contributed by atoms with E-state index in [1.807, 2.05) is 74.0 Å². The predicted molar refractivity (Wildman–Crippen MR) is 132 cm³/mol. The van der Waals surface area contributed by atoms with Crippen LogP contribution in [0.2, 0.25) is 5.02 Å². The van der Waals surface area contributed by atoms with Crippen LogP contribution >= 0.6 is 11.6 Å². The van der Waals surface area contributed by atoms with Gasteiger partial charge in [-0.15, -0.1) is 0 Å². The monoisotopic (exact) mass is 459 g/mol. The first kappa shape index (κ1) is 22.6. The molecule has 6 heteroatoms. The summed E-state index contributed by atoms with van der Waals surface area (Å²) in [4.78, 5) is 12.7. The van der Waals surface area contributed by atoms with Crippen LogP contribution in [0.3, 0.4) is 0 Å². The maximum Gasteiger partial charge on any atom is 0.256 e. The average Bonchev–Trinajstić information content (AvgIpc) is 3.15. The summed E-state index contributed by atoms with van der Waals surface area (Å²) in [7, 11) is 0. The molecule has 0 radical (unpaired) electrons. The molecule has 3 aromatic carbocycles. The van der Waals surface area contributed by atoms with E-state index in [1.54, 1.807) is 12.1 Å². The molecular weight excluding hydrogens is 434 g/mol. The molecule has 0 aliphatic rings. The van der Waals surface area contributed by atoms with Gasteiger partial charge in [0.05, 0.1) is 6.54 Å². The van der Waals surface area contributed by atoms with E-state index in [4.69, 9.17) is 16.3 Å². The van der Waals surface area contributed by atoms with Crippen LogP contribution in [0.4, 0.5) is 5.82 Å². The van der Waals surface area contributed by atoms with E-state index in [0.717, 1.165) is 38.7 Å². The lowest BCUT2D eigenvalue weighted by molar-refractivity contribution is 0.102. The number of nitrogens with one attached hydrogen (secondary N) is 1. The van der Waals surface area contributed by atoms with Gasteiger partial charge in [-0.05, 0) is 67.3 Å². The van der Waals surface area contributed by atoms with Gasteiger partial charge in [0.25, 0.3) is 5.91 Å². The Labute approximate surface area is 199 Å². The van der Waals surface area contributed by atoms with Crippen molar-refractivity contribution in [3.63, 3.8) is 0 Å². The van der Waals surface area contributed by atoms with Crippen LogP contribution in [-0.2, 0) is 13.2 Å². The first-order valence-electron chi connectivity index (χ1n) is 10.8. The highest BCUT2D eigenvalue weighted by atomic mass is 35.5. The standard InChI is InChI=1S/C27H26ClN3O2/c1-18-13-24(14-19(2)26(18)28)33-17-22-9-11-23(12-10-22)27(32)29-25-15-20(3)31(30-25)16-21-7-5-4-6-8-21/h4-15H,16-17H2,1-3H3,(H,29,30,32). The first-order valence-corrected chi connectivity index (χ1v) is 11.1. The molecule has 33 heavy (non-hydrogen) atoms. The number of benzene rings is 3. The van der Waals surface area contributed by atoms with Gasteiger partial charge in [0, 0.05) is 22.3 Å². The SMILES string of the molecule is Cc1cc(OCc2ccc(C(=O)Nc3cc(C)n(Cc4ccccc4)n3)cc2)cc(C)c1Cl. The number of aryl methyl sites for hydroxylation is 3. The summed E-state index contributed by atoms with van der Waals surface area (Å²) >= 11 is 6.22. The minimum Gasteiger partial charge on any atom is -0.489 e. The molecule has 168 valence electrons.